The molecular weight excluding hydrogens is 393 g/mol. The highest BCUT2D eigenvalue weighted by atomic mass is 32.1. The topological polar surface area (TPSA) is 71.3 Å². The highest BCUT2D eigenvalue weighted by Gasteiger charge is 2.37. The predicted molar refractivity (Wildman–Crippen MR) is 107 cm³/mol. The molecular formula is C20H20FN5O2S. The Kier molecular flexibility index (Phi) is 5.14. The molecule has 2 aromatic heterocycles. The van der Waals surface area contributed by atoms with Crippen LogP contribution in [-0.4, -0.2) is 63.1 Å². The fraction of sp³-hybridized carbons (Fsp3) is 0.300. The molecule has 0 saturated carbocycles. The summed E-state index contributed by atoms with van der Waals surface area (Å²) in [6.07, 6.45) is 1.36. The van der Waals surface area contributed by atoms with E-state index in [9.17, 15) is 14.0 Å². The molecule has 150 valence electrons. The number of thiophene rings is 1. The molecule has 0 spiro atoms. The number of amides is 2. The van der Waals surface area contributed by atoms with E-state index in [1.165, 1.54) is 38.0 Å². The second-order valence-corrected chi connectivity index (χ2v) is 7.96. The van der Waals surface area contributed by atoms with E-state index in [1.807, 2.05) is 17.5 Å². The first-order valence-electron chi connectivity index (χ1n) is 9.24. The van der Waals surface area contributed by atoms with Gasteiger partial charge in [0.05, 0.1) is 10.6 Å². The zero-order valence-electron chi connectivity index (χ0n) is 16.1. The van der Waals surface area contributed by atoms with Crippen LogP contribution in [0, 0.1) is 5.82 Å². The molecule has 1 aliphatic rings. The summed E-state index contributed by atoms with van der Waals surface area (Å²) in [4.78, 5) is 33.9. The molecule has 0 bridgehead atoms. The fourth-order valence-electron chi connectivity index (χ4n) is 3.45. The van der Waals surface area contributed by atoms with Crippen LogP contribution in [0.4, 0.5) is 4.39 Å². The maximum absolute atomic E-state index is 13.8. The number of nitrogens with zero attached hydrogens (tertiary/aromatic N) is 5. The van der Waals surface area contributed by atoms with E-state index in [0.717, 1.165) is 11.3 Å². The summed E-state index contributed by atoms with van der Waals surface area (Å²) in [6.45, 7) is 0.478. The fourth-order valence-corrected chi connectivity index (χ4v) is 4.15. The molecule has 3 aromatic rings. The van der Waals surface area contributed by atoms with Gasteiger partial charge in [-0.05, 0) is 42.5 Å². The van der Waals surface area contributed by atoms with Crippen molar-refractivity contribution in [2.45, 2.75) is 18.9 Å². The van der Waals surface area contributed by atoms with E-state index < -0.39 is 17.8 Å². The smallest absolute Gasteiger partial charge is 0.294 e. The highest BCUT2D eigenvalue weighted by Crippen LogP contribution is 2.27. The summed E-state index contributed by atoms with van der Waals surface area (Å²) in [5.74, 6) is -0.450. The highest BCUT2D eigenvalue weighted by molar-refractivity contribution is 7.13. The lowest BCUT2D eigenvalue weighted by Gasteiger charge is -2.25. The molecule has 0 N–H and O–H groups in total. The van der Waals surface area contributed by atoms with Crippen molar-refractivity contribution in [2.24, 2.45) is 0 Å². The van der Waals surface area contributed by atoms with Crippen LogP contribution in [0.3, 0.4) is 0 Å². The number of likely N-dealkylation sites (N-methyl/N-ethyl adjacent to an activating group) is 1. The Morgan fingerprint density at radius 3 is 2.76 bits per heavy atom. The van der Waals surface area contributed by atoms with Crippen molar-refractivity contribution >= 4 is 23.2 Å². The van der Waals surface area contributed by atoms with E-state index in [4.69, 9.17) is 0 Å². The number of halogens is 1. The Hall–Kier alpha value is -3.07. The van der Waals surface area contributed by atoms with Crippen LogP contribution in [0.2, 0.25) is 0 Å². The van der Waals surface area contributed by atoms with Crippen LogP contribution in [0.5, 0.6) is 0 Å². The Labute approximate surface area is 171 Å². The van der Waals surface area contributed by atoms with Gasteiger partial charge in [-0.2, -0.15) is 0 Å². The number of carbonyl (C=O) groups is 2. The lowest BCUT2D eigenvalue weighted by molar-refractivity contribution is -0.132. The zero-order chi connectivity index (χ0) is 20.5. The molecule has 1 atom stereocenters. The maximum Gasteiger partial charge on any atom is 0.294 e. The largest absolute Gasteiger partial charge is 0.347 e. The third-order valence-corrected chi connectivity index (χ3v) is 5.70. The van der Waals surface area contributed by atoms with Crippen molar-refractivity contribution in [1.29, 1.82) is 0 Å². The Bertz CT molecular complexity index is 1050. The van der Waals surface area contributed by atoms with Crippen LogP contribution in [0.25, 0.3) is 16.4 Å². The van der Waals surface area contributed by atoms with Gasteiger partial charge in [0.2, 0.25) is 11.7 Å². The van der Waals surface area contributed by atoms with Gasteiger partial charge in [-0.15, -0.1) is 16.4 Å². The van der Waals surface area contributed by atoms with Gasteiger partial charge < -0.3 is 9.80 Å². The minimum atomic E-state index is -0.510. The molecule has 0 radical (unpaired) electrons. The molecule has 1 aliphatic heterocycles. The van der Waals surface area contributed by atoms with Gasteiger partial charge in [0, 0.05) is 20.6 Å². The number of benzene rings is 1. The minimum absolute atomic E-state index is 0.00360. The molecule has 2 amide bonds. The van der Waals surface area contributed by atoms with E-state index in [1.54, 1.807) is 26.2 Å². The number of likely N-dealkylation sites (tertiary alicyclic amines) is 1. The van der Waals surface area contributed by atoms with Crippen LogP contribution in [0.15, 0.2) is 41.8 Å². The lowest BCUT2D eigenvalue weighted by atomic mass is 10.2. The van der Waals surface area contributed by atoms with Gasteiger partial charge in [-0.3, -0.25) is 9.59 Å². The molecule has 4 rings (SSSR count). The zero-order valence-corrected chi connectivity index (χ0v) is 16.9. The van der Waals surface area contributed by atoms with Crippen molar-refractivity contribution in [1.82, 2.24) is 24.6 Å². The third-order valence-electron chi connectivity index (χ3n) is 4.83. The molecule has 29 heavy (non-hydrogen) atoms. The van der Waals surface area contributed by atoms with Crippen LogP contribution < -0.4 is 0 Å². The average molecular weight is 413 g/mol. The SMILES string of the molecule is CN(C)C(=O)C1CCCN1C(=O)c1nc(-c2cccs2)n(-c2cccc(F)c2)n1. The lowest BCUT2D eigenvalue weighted by Crippen LogP contribution is -2.45. The van der Waals surface area contributed by atoms with E-state index in [2.05, 4.69) is 10.1 Å². The number of carbonyl (C=O) groups excluding carboxylic acids is 2. The molecule has 1 fully saturated rings. The summed E-state index contributed by atoms with van der Waals surface area (Å²) in [5.41, 5.74) is 0.474. The number of hydrogen-bond acceptors (Lipinski definition) is 5. The van der Waals surface area contributed by atoms with Crippen molar-refractivity contribution < 1.29 is 14.0 Å². The van der Waals surface area contributed by atoms with E-state index >= 15 is 0 Å². The van der Waals surface area contributed by atoms with Crippen LogP contribution >= 0.6 is 11.3 Å². The molecule has 3 heterocycles. The Morgan fingerprint density at radius 1 is 1.24 bits per heavy atom. The molecule has 9 heteroatoms. The summed E-state index contributed by atoms with van der Waals surface area (Å²) in [5, 5.41) is 6.29. The van der Waals surface area contributed by atoms with Gasteiger partial charge in [0.1, 0.15) is 11.9 Å². The Morgan fingerprint density at radius 2 is 2.07 bits per heavy atom. The summed E-state index contributed by atoms with van der Waals surface area (Å²) in [7, 11) is 3.35. The van der Waals surface area contributed by atoms with E-state index in [-0.39, 0.29) is 11.7 Å². The van der Waals surface area contributed by atoms with Crippen LogP contribution in [-0.2, 0) is 4.79 Å². The van der Waals surface area contributed by atoms with Crippen LogP contribution in [0.1, 0.15) is 23.5 Å². The van der Waals surface area contributed by atoms with Gasteiger partial charge in [0.25, 0.3) is 5.91 Å². The first-order valence-corrected chi connectivity index (χ1v) is 10.1. The summed E-state index contributed by atoms with van der Waals surface area (Å²) >= 11 is 1.45. The predicted octanol–water partition coefficient (Wildman–Crippen LogP) is 2.83. The molecule has 0 aliphatic carbocycles. The number of rotatable bonds is 4. The van der Waals surface area contributed by atoms with Gasteiger partial charge in [0.15, 0.2) is 5.82 Å². The van der Waals surface area contributed by atoms with Crippen molar-refractivity contribution in [3.8, 4) is 16.4 Å². The summed E-state index contributed by atoms with van der Waals surface area (Å²) < 4.78 is 15.3. The van der Waals surface area contributed by atoms with Crippen molar-refractivity contribution in [2.75, 3.05) is 20.6 Å². The molecule has 1 unspecified atom stereocenters. The molecule has 1 aromatic carbocycles. The monoisotopic (exact) mass is 413 g/mol. The first-order chi connectivity index (χ1) is 14.0. The molecule has 1 saturated heterocycles. The first kappa shape index (κ1) is 19.3. The normalized spacial score (nSPS) is 16.2. The van der Waals surface area contributed by atoms with Gasteiger partial charge >= 0.3 is 0 Å². The second kappa shape index (κ2) is 7.75. The average Bonchev–Trinajstić information content (AvgIpc) is 3.46. The second-order valence-electron chi connectivity index (χ2n) is 7.02. The standard InChI is InChI=1S/C20H20FN5O2S/c1-24(2)19(27)15-8-4-10-25(15)20(28)17-22-18(16-9-5-11-29-16)26(23-17)14-7-3-6-13(21)12-14/h3,5-7,9,11-12,15H,4,8,10H2,1-2H3. The Balaban J connectivity index is 1.74. The minimum Gasteiger partial charge on any atom is -0.347 e. The van der Waals surface area contributed by atoms with Crippen molar-refractivity contribution in [3.05, 3.63) is 53.4 Å². The summed E-state index contributed by atoms with van der Waals surface area (Å²) in [6, 6.07) is 9.21. The molecule has 7 nitrogen and oxygen atoms in total. The maximum atomic E-state index is 13.8. The van der Waals surface area contributed by atoms with Gasteiger partial charge in [-0.25, -0.2) is 14.1 Å². The van der Waals surface area contributed by atoms with Crippen molar-refractivity contribution in [3.63, 3.8) is 0 Å². The number of hydrogen-bond donors (Lipinski definition) is 0. The van der Waals surface area contributed by atoms with Gasteiger partial charge in [-0.1, -0.05) is 12.1 Å². The van der Waals surface area contributed by atoms with E-state index in [0.29, 0.717) is 24.5 Å². The quantitative estimate of drug-likeness (QED) is 0.660. The number of aromatic nitrogens is 3. The third kappa shape index (κ3) is 3.65.